The summed E-state index contributed by atoms with van der Waals surface area (Å²) in [7, 11) is 0. The fourth-order valence-corrected chi connectivity index (χ4v) is 2.29. The van der Waals surface area contributed by atoms with Crippen LogP contribution in [0.4, 0.5) is 5.69 Å². The third kappa shape index (κ3) is 3.69. The molecule has 96 valence electrons. The van der Waals surface area contributed by atoms with E-state index in [4.69, 9.17) is 10.8 Å². The standard InChI is InChI=1S/C13H21BrN2O/c1-9(2)16(6-7-17)13-5-4-11(14)8-12(13)10(3)15/h4-5,8-10,17H,6-7,15H2,1-3H3. The van der Waals surface area contributed by atoms with Crippen LogP contribution in [0.1, 0.15) is 32.4 Å². The SMILES string of the molecule is CC(N)c1cc(Br)ccc1N(CCO)C(C)C. The summed E-state index contributed by atoms with van der Waals surface area (Å²) >= 11 is 3.47. The molecule has 0 saturated heterocycles. The highest BCUT2D eigenvalue weighted by molar-refractivity contribution is 9.10. The predicted molar refractivity (Wildman–Crippen MR) is 76.3 cm³/mol. The first-order valence-electron chi connectivity index (χ1n) is 5.90. The molecule has 1 aromatic carbocycles. The van der Waals surface area contributed by atoms with Crippen molar-refractivity contribution in [2.24, 2.45) is 5.73 Å². The highest BCUT2D eigenvalue weighted by Gasteiger charge is 2.16. The van der Waals surface area contributed by atoms with Crippen LogP contribution in [0.15, 0.2) is 22.7 Å². The van der Waals surface area contributed by atoms with E-state index < -0.39 is 0 Å². The number of aliphatic hydroxyl groups is 1. The van der Waals surface area contributed by atoms with E-state index in [-0.39, 0.29) is 12.6 Å². The molecule has 1 atom stereocenters. The topological polar surface area (TPSA) is 49.5 Å². The fourth-order valence-electron chi connectivity index (χ4n) is 1.92. The van der Waals surface area contributed by atoms with E-state index in [1.165, 1.54) is 0 Å². The Morgan fingerprint density at radius 1 is 1.35 bits per heavy atom. The number of aliphatic hydroxyl groups excluding tert-OH is 1. The summed E-state index contributed by atoms with van der Waals surface area (Å²) in [6.07, 6.45) is 0. The van der Waals surface area contributed by atoms with Crippen molar-refractivity contribution in [3.63, 3.8) is 0 Å². The van der Waals surface area contributed by atoms with E-state index in [9.17, 15) is 0 Å². The largest absolute Gasteiger partial charge is 0.395 e. The lowest BCUT2D eigenvalue weighted by molar-refractivity contribution is 0.299. The van der Waals surface area contributed by atoms with Gasteiger partial charge < -0.3 is 15.7 Å². The highest BCUT2D eigenvalue weighted by Crippen LogP contribution is 2.29. The van der Waals surface area contributed by atoms with Crippen LogP contribution in [-0.4, -0.2) is 24.3 Å². The van der Waals surface area contributed by atoms with Gasteiger partial charge in [0.05, 0.1) is 6.61 Å². The van der Waals surface area contributed by atoms with E-state index in [0.717, 1.165) is 15.7 Å². The Morgan fingerprint density at radius 2 is 2.00 bits per heavy atom. The van der Waals surface area contributed by atoms with Crippen molar-refractivity contribution in [1.29, 1.82) is 0 Å². The summed E-state index contributed by atoms with van der Waals surface area (Å²) in [5.41, 5.74) is 8.21. The lowest BCUT2D eigenvalue weighted by Gasteiger charge is -2.31. The van der Waals surface area contributed by atoms with Gasteiger partial charge in [0, 0.05) is 28.8 Å². The molecule has 0 aromatic heterocycles. The van der Waals surface area contributed by atoms with E-state index in [1.807, 2.05) is 19.1 Å². The number of hydrogen-bond acceptors (Lipinski definition) is 3. The van der Waals surface area contributed by atoms with Crippen molar-refractivity contribution in [2.45, 2.75) is 32.9 Å². The molecule has 0 heterocycles. The molecule has 1 rings (SSSR count). The Kier molecular flexibility index (Phi) is 5.43. The second-order valence-corrected chi connectivity index (χ2v) is 5.42. The lowest BCUT2D eigenvalue weighted by Crippen LogP contribution is -2.34. The van der Waals surface area contributed by atoms with Crippen LogP contribution in [0.3, 0.4) is 0 Å². The van der Waals surface area contributed by atoms with Gasteiger partial charge in [-0.25, -0.2) is 0 Å². The molecule has 0 aliphatic carbocycles. The summed E-state index contributed by atoms with van der Waals surface area (Å²) in [5, 5.41) is 9.15. The average Bonchev–Trinajstić information content (AvgIpc) is 2.26. The van der Waals surface area contributed by atoms with Gasteiger partial charge in [-0.3, -0.25) is 0 Å². The normalized spacial score (nSPS) is 12.9. The van der Waals surface area contributed by atoms with Crippen molar-refractivity contribution in [3.8, 4) is 0 Å². The van der Waals surface area contributed by atoms with Gasteiger partial charge in [0.1, 0.15) is 0 Å². The Hall–Kier alpha value is -0.580. The molecule has 0 bridgehead atoms. The van der Waals surface area contributed by atoms with Crippen LogP contribution in [0.2, 0.25) is 0 Å². The maximum absolute atomic E-state index is 9.15. The van der Waals surface area contributed by atoms with Crippen LogP contribution in [0.5, 0.6) is 0 Å². The molecule has 3 nitrogen and oxygen atoms in total. The summed E-state index contributed by atoms with van der Waals surface area (Å²) < 4.78 is 1.03. The second kappa shape index (κ2) is 6.38. The summed E-state index contributed by atoms with van der Waals surface area (Å²) in [6, 6.07) is 6.42. The predicted octanol–water partition coefficient (Wildman–Crippen LogP) is 2.68. The zero-order valence-electron chi connectivity index (χ0n) is 10.7. The van der Waals surface area contributed by atoms with Crippen molar-refractivity contribution < 1.29 is 5.11 Å². The Labute approximate surface area is 112 Å². The zero-order chi connectivity index (χ0) is 13.0. The third-order valence-electron chi connectivity index (χ3n) is 2.75. The molecule has 0 radical (unpaired) electrons. The van der Waals surface area contributed by atoms with Crippen LogP contribution in [-0.2, 0) is 0 Å². The number of halogens is 1. The number of nitrogens with zero attached hydrogens (tertiary/aromatic N) is 1. The molecule has 0 spiro atoms. The first kappa shape index (κ1) is 14.5. The van der Waals surface area contributed by atoms with Crippen LogP contribution in [0, 0.1) is 0 Å². The molecule has 4 heteroatoms. The monoisotopic (exact) mass is 300 g/mol. The maximum atomic E-state index is 9.15. The Morgan fingerprint density at radius 3 is 2.47 bits per heavy atom. The van der Waals surface area contributed by atoms with Gasteiger partial charge in [-0.2, -0.15) is 0 Å². The molecule has 0 aliphatic heterocycles. The molecule has 0 saturated carbocycles. The first-order chi connectivity index (χ1) is 7.97. The zero-order valence-corrected chi connectivity index (χ0v) is 12.2. The molecular formula is C13H21BrN2O. The van der Waals surface area contributed by atoms with E-state index in [1.54, 1.807) is 0 Å². The molecule has 0 amide bonds. The fraction of sp³-hybridized carbons (Fsp3) is 0.538. The van der Waals surface area contributed by atoms with Crippen LogP contribution < -0.4 is 10.6 Å². The number of anilines is 1. The van der Waals surface area contributed by atoms with Gasteiger partial charge >= 0.3 is 0 Å². The Balaban J connectivity index is 3.17. The molecule has 3 N–H and O–H groups in total. The average molecular weight is 301 g/mol. The number of benzene rings is 1. The molecule has 0 aliphatic rings. The lowest BCUT2D eigenvalue weighted by atomic mass is 10.0. The molecule has 0 fully saturated rings. The molecule has 17 heavy (non-hydrogen) atoms. The van der Waals surface area contributed by atoms with E-state index >= 15 is 0 Å². The molecule has 1 unspecified atom stereocenters. The third-order valence-corrected chi connectivity index (χ3v) is 3.25. The molecular weight excluding hydrogens is 280 g/mol. The minimum absolute atomic E-state index is 0.0255. The summed E-state index contributed by atoms with van der Waals surface area (Å²) in [6.45, 7) is 6.97. The minimum atomic E-state index is -0.0255. The van der Waals surface area contributed by atoms with E-state index in [2.05, 4.69) is 40.7 Å². The number of nitrogens with two attached hydrogens (primary N) is 1. The quantitative estimate of drug-likeness (QED) is 0.879. The van der Waals surface area contributed by atoms with Gasteiger partial charge in [-0.15, -0.1) is 0 Å². The minimum Gasteiger partial charge on any atom is -0.395 e. The van der Waals surface area contributed by atoms with Gasteiger partial charge in [0.15, 0.2) is 0 Å². The second-order valence-electron chi connectivity index (χ2n) is 4.50. The first-order valence-corrected chi connectivity index (χ1v) is 6.69. The summed E-state index contributed by atoms with van der Waals surface area (Å²) in [5.74, 6) is 0. The van der Waals surface area contributed by atoms with E-state index in [0.29, 0.717) is 12.6 Å². The van der Waals surface area contributed by atoms with Crippen molar-refractivity contribution in [1.82, 2.24) is 0 Å². The summed E-state index contributed by atoms with van der Waals surface area (Å²) in [4.78, 5) is 2.17. The molecule has 1 aromatic rings. The van der Waals surface area contributed by atoms with Gasteiger partial charge in [-0.1, -0.05) is 15.9 Å². The van der Waals surface area contributed by atoms with Gasteiger partial charge in [-0.05, 0) is 44.5 Å². The van der Waals surface area contributed by atoms with Crippen molar-refractivity contribution in [2.75, 3.05) is 18.1 Å². The number of hydrogen-bond donors (Lipinski definition) is 2. The van der Waals surface area contributed by atoms with Crippen LogP contribution >= 0.6 is 15.9 Å². The van der Waals surface area contributed by atoms with Crippen molar-refractivity contribution >= 4 is 21.6 Å². The maximum Gasteiger partial charge on any atom is 0.0606 e. The van der Waals surface area contributed by atoms with Crippen molar-refractivity contribution in [3.05, 3.63) is 28.2 Å². The van der Waals surface area contributed by atoms with Crippen LogP contribution in [0.25, 0.3) is 0 Å². The smallest absolute Gasteiger partial charge is 0.0606 e. The Bertz CT molecular complexity index is 366. The number of rotatable bonds is 5. The van der Waals surface area contributed by atoms with Gasteiger partial charge in [0.2, 0.25) is 0 Å². The van der Waals surface area contributed by atoms with Gasteiger partial charge in [0.25, 0.3) is 0 Å². The highest BCUT2D eigenvalue weighted by atomic mass is 79.9.